The van der Waals surface area contributed by atoms with Crippen molar-refractivity contribution < 1.29 is 0 Å². The number of nitrogens with one attached hydrogen (secondary N) is 1. The Balaban J connectivity index is 1.41. The van der Waals surface area contributed by atoms with Crippen molar-refractivity contribution in [2.75, 3.05) is 32.4 Å². The van der Waals surface area contributed by atoms with Gasteiger partial charge in [0.25, 0.3) is 0 Å². The lowest BCUT2D eigenvalue weighted by Gasteiger charge is -2.32. The van der Waals surface area contributed by atoms with Crippen molar-refractivity contribution in [2.24, 2.45) is 10.9 Å². The molecular formula is C16H29N3S. The first-order valence-corrected chi connectivity index (χ1v) is 9.38. The van der Waals surface area contributed by atoms with Crippen LogP contribution in [0.4, 0.5) is 0 Å². The molecule has 0 radical (unpaired) electrons. The zero-order valence-corrected chi connectivity index (χ0v) is 13.7. The lowest BCUT2D eigenvalue weighted by Crippen LogP contribution is -2.45. The van der Waals surface area contributed by atoms with Crippen LogP contribution in [0, 0.1) is 5.92 Å². The molecule has 3 aliphatic rings. The summed E-state index contributed by atoms with van der Waals surface area (Å²) in [6.45, 7) is 3.58. The number of aliphatic imine (C=N–C) groups is 1. The van der Waals surface area contributed by atoms with Crippen LogP contribution in [0.3, 0.4) is 0 Å². The summed E-state index contributed by atoms with van der Waals surface area (Å²) in [4.78, 5) is 7.29. The Morgan fingerprint density at radius 2 is 2.00 bits per heavy atom. The molecule has 3 nitrogen and oxygen atoms in total. The number of nitrogens with zero attached hydrogens (tertiary/aromatic N) is 2. The number of thioether (sulfide) groups is 1. The lowest BCUT2D eigenvalue weighted by molar-refractivity contribution is 0.214. The van der Waals surface area contributed by atoms with Crippen LogP contribution in [-0.4, -0.2) is 48.0 Å². The smallest absolute Gasteiger partial charge is 0.157 e. The Bertz CT molecular complexity index is 342. The average Bonchev–Trinajstić information content (AvgIpc) is 2.85. The fourth-order valence-electron chi connectivity index (χ4n) is 3.79. The van der Waals surface area contributed by atoms with Gasteiger partial charge >= 0.3 is 0 Å². The molecule has 0 bridgehead atoms. The third kappa shape index (κ3) is 3.70. The third-order valence-electron chi connectivity index (χ3n) is 5.30. The Morgan fingerprint density at radius 1 is 1.25 bits per heavy atom. The van der Waals surface area contributed by atoms with Crippen molar-refractivity contribution in [3.8, 4) is 0 Å². The van der Waals surface area contributed by atoms with Crippen LogP contribution in [0.15, 0.2) is 4.99 Å². The highest BCUT2D eigenvalue weighted by molar-refractivity contribution is 8.14. The third-order valence-corrected chi connectivity index (χ3v) is 6.50. The van der Waals surface area contributed by atoms with E-state index in [1.165, 1.54) is 75.4 Å². The summed E-state index contributed by atoms with van der Waals surface area (Å²) in [5, 5.41) is 4.99. The fraction of sp³-hybridized carbons (Fsp3) is 0.938. The van der Waals surface area contributed by atoms with Gasteiger partial charge in [-0.25, -0.2) is 0 Å². The van der Waals surface area contributed by atoms with Crippen molar-refractivity contribution in [2.45, 2.75) is 56.9 Å². The Morgan fingerprint density at radius 3 is 2.75 bits per heavy atom. The first-order chi connectivity index (χ1) is 9.76. The van der Waals surface area contributed by atoms with Gasteiger partial charge in [-0.15, -0.1) is 0 Å². The molecule has 2 saturated heterocycles. The summed E-state index contributed by atoms with van der Waals surface area (Å²) in [6.07, 6.45) is 11.0. The van der Waals surface area contributed by atoms with Gasteiger partial charge in [0, 0.05) is 17.8 Å². The van der Waals surface area contributed by atoms with Crippen LogP contribution in [0.5, 0.6) is 0 Å². The molecule has 1 spiro atoms. The van der Waals surface area contributed by atoms with Crippen LogP contribution in [-0.2, 0) is 0 Å². The predicted octanol–water partition coefficient (Wildman–Crippen LogP) is 3.11. The predicted molar refractivity (Wildman–Crippen MR) is 88.5 cm³/mol. The SMILES string of the molecule is CN1CCC(CCN=C2NC3(CCCCC3)CS2)CC1. The van der Waals surface area contributed by atoms with E-state index < -0.39 is 0 Å². The van der Waals surface area contributed by atoms with Crippen molar-refractivity contribution in [1.82, 2.24) is 10.2 Å². The molecule has 1 N–H and O–H groups in total. The minimum Gasteiger partial charge on any atom is -0.359 e. The normalized spacial score (nSPS) is 29.9. The number of amidine groups is 1. The number of rotatable bonds is 3. The highest BCUT2D eigenvalue weighted by Gasteiger charge is 2.37. The minimum atomic E-state index is 0.412. The van der Waals surface area contributed by atoms with Gasteiger partial charge in [-0.3, -0.25) is 4.99 Å². The summed E-state index contributed by atoms with van der Waals surface area (Å²) in [5.74, 6) is 2.16. The van der Waals surface area contributed by atoms with Crippen molar-refractivity contribution >= 4 is 16.9 Å². The molecule has 2 aliphatic heterocycles. The Hall–Kier alpha value is -0.220. The fourth-order valence-corrected chi connectivity index (χ4v) is 5.03. The van der Waals surface area contributed by atoms with E-state index in [0.29, 0.717) is 5.54 Å². The van der Waals surface area contributed by atoms with Crippen LogP contribution >= 0.6 is 11.8 Å². The van der Waals surface area contributed by atoms with Crippen molar-refractivity contribution in [1.29, 1.82) is 0 Å². The zero-order chi connectivity index (χ0) is 13.8. The second kappa shape index (κ2) is 6.69. The van der Waals surface area contributed by atoms with E-state index >= 15 is 0 Å². The molecule has 3 rings (SSSR count). The maximum atomic E-state index is 4.84. The van der Waals surface area contributed by atoms with Gasteiger partial charge in [0.2, 0.25) is 0 Å². The number of hydrogen-bond donors (Lipinski definition) is 1. The standard InChI is InChI=1S/C16H29N3S/c1-19-11-6-14(7-12-19)5-10-17-15-18-16(13-20-15)8-3-2-4-9-16/h14H,2-13H2,1H3,(H,17,18). The van der Waals surface area contributed by atoms with Gasteiger partial charge < -0.3 is 10.2 Å². The molecule has 3 fully saturated rings. The highest BCUT2D eigenvalue weighted by atomic mass is 32.2. The summed E-state index contributed by atoms with van der Waals surface area (Å²) in [5.41, 5.74) is 0.412. The van der Waals surface area contributed by atoms with Gasteiger partial charge in [-0.05, 0) is 58.2 Å². The quantitative estimate of drug-likeness (QED) is 0.867. The second-order valence-electron chi connectivity index (χ2n) is 6.98. The van der Waals surface area contributed by atoms with Crippen LogP contribution in [0.2, 0.25) is 0 Å². The van der Waals surface area contributed by atoms with Crippen LogP contribution < -0.4 is 5.32 Å². The summed E-state index contributed by atoms with van der Waals surface area (Å²) < 4.78 is 0. The molecule has 20 heavy (non-hydrogen) atoms. The Kier molecular flexibility index (Phi) is 4.92. The van der Waals surface area contributed by atoms with Crippen LogP contribution in [0.25, 0.3) is 0 Å². The number of piperidine rings is 1. The highest BCUT2D eigenvalue weighted by Crippen LogP contribution is 2.36. The van der Waals surface area contributed by atoms with E-state index in [-0.39, 0.29) is 0 Å². The molecule has 0 aromatic rings. The van der Waals surface area contributed by atoms with E-state index in [1.54, 1.807) is 0 Å². The van der Waals surface area contributed by atoms with E-state index in [0.717, 1.165) is 12.5 Å². The van der Waals surface area contributed by atoms with Crippen LogP contribution in [0.1, 0.15) is 51.4 Å². The largest absolute Gasteiger partial charge is 0.359 e. The molecule has 114 valence electrons. The molecule has 0 aromatic carbocycles. The number of hydrogen-bond acceptors (Lipinski definition) is 3. The summed E-state index contributed by atoms with van der Waals surface area (Å²) >= 11 is 1.97. The van der Waals surface area contributed by atoms with Crippen molar-refractivity contribution in [3.05, 3.63) is 0 Å². The number of likely N-dealkylation sites (tertiary alicyclic amines) is 1. The first kappa shape index (κ1) is 14.7. The first-order valence-electron chi connectivity index (χ1n) is 8.40. The Labute approximate surface area is 128 Å². The average molecular weight is 295 g/mol. The summed E-state index contributed by atoms with van der Waals surface area (Å²) in [6, 6.07) is 0. The molecule has 0 atom stereocenters. The van der Waals surface area contributed by atoms with Gasteiger partial charge in [0.1, 0.15) is 0 Å². The topological polar surface area (TPSA) is 27.6 Å². The molecule has 0 amide bonds. The van der Waals surface area contributed by atoms with Crippen molar-refractivity contribution in [3.63, 3.8) is 0 Å². The molecule has 0 unspecified atom stereocenters. The maximum Gasteiger partial charge on any atom is 0.157 e. The molecule has 4 heteroatoms. The van der Waals surface area contributed by atoms with Gasteiger partial charge in [-0.1, -0.05) is 31.0 Å². The second-order valence-corrected chi connectivity index (χ2v) is 7.94. The monoisotopic (exact) mass is 295 g/mol. The van der Waals surface area contributed by atoms with Gasteiger partial charge in [-0.2, -0.15) is 0 Å². The van der Waals surface area contributed by atoms with E-state index in [1.807, 2.05) is 11.8 Å². The van der Waals surface area contributed by atoms with E-state index in [4.69, 9.17) is 4.99 Å². The summed E-state index contributed by atoms with van der Waals surface area (Å²) in [7, 11) is 2.24. The molecule has 1 saturated carbocycles. The molecule has 1 aliphatic carbocycles. The van der Waals surface area contributed by atoms with Gasteiger partial charge in [0.15, 0.2) is 5.17 Å². The minimum absolute atomic E-state index is 0.412. The molecule has 2 heterocycles. The van der Waals surface area contributed by atoms with Gasteiger partial charge in [0.05, 0.1) is 0 Å². The maximum absolute atomic E-state index is 4.84. The van der Waals surface area contributed by atoms with E-state index in [9.17, 15) is 0 Å². The van der Waals surface area contributed by atoms with E-state index in [2.05, 4.69) is 17.3 Å². The molecular weight excluding hydrogens is 266 g/mol. The lowest BCUT2D eigenvalue weighted by atomic mass is 9.83. The molecule has 0 aromatic heterocycles. The zero-order valence-electron chi connectivity index (χ0n) is 12.9.